The van der Waals surface area contributed by atoms with E-state index < -0.39 is 41.5 Å². The Hall–Kier alpha value is -9.16. The summed E-state index contributed by atoms with van der Waals surface area (Å²) in [5.74, 6) is -1.99. The van der Waals surface area contributed by atoms with Gasteiger partial charge in [-0.15, -0.1) is 0 Å². The van der Waals surface area contributed by atoms with Crippen LogP contribution in [0.2, 0.25) is 0 Å². The van der Waals surface area contributed by atoms with Crippen LogP contribution in [0, 0.1) is 26.7 Å². The number of amides is 8. The van der Waals surface area contributed by atoms with Gasteiger partial charge < -0.3 is 40.3 Å². The van der Waals surface area contributed by atoms with E-state index in [9.17, 15) is 33.6 Å². The lowest BCUT2D eigenvalue weighted by Crippen LogP contribution is -2.49. The van der Waals surface area contributed by atoms with Crippen molar-refractivity contribution < 1.29 is 47.8 Å². The quantitative estimate of drug-likeness (QED) is 0.0249. The summed E-state index contributed by atoms with van der Waals surface area (Å²) >= 11 is 0. The minimum Gasteiger partial charge on any atom is -0.494 e. The van der Waals surface area contributed by atoms with Gasteiger partial charge in [0.15, 0.2) is 0 Å². The molecule has 0 aliphatic carbocycles. The van der Waals surface area contributed by atoms with Gasteiger partial charge in [0.05, 0.1) is 36.1 Å². The van der Waals surface area contributed by atoms with Gasteiger partial charge in [-0.3, -0.25) is 63.3 Å². The molecular formula is C53H67N15O10. The van der Waals surface area contributed by atoms with Crippen LogP contribution < -0.4 is 36.9 Å². The molecule has 1 atom stereocenters. The maximum atomic E-state index is 14.0. The van der Waals surface area contributed by atoms with E-state index in [4.69, 9.17) is 30.0 Å². The summed E-state index contributed by atoms with van der Waals surface area (Å²) in [5.41, 5.74) is 14.9. The van der Waals surface area contributed by atoms with Gasteiger partial charge in [-0.25, -0.2) is 9.97 Å². The number of aryl methyl sites for hydroxylation is 5. The van der Waals surface area contributed by atoms with Crippen molar-refractivity contribution in [1.82, 2.24) is 53.8 Å². The standard InChI is InChI=1S/C52H64N14O9.CH3NO/c1-10-65-38(26-32(6)59-65)48(71)57-51-55-35-24-31(5)25-41(75-22-14-18-61(8)50(73)37(23-30(3)4)54-42(67)17-21-62-43(68)15-16-44(62)69)46(35)64(51)20-13-12-19-63-45-36(28-34(47(53)70)29-40(45)74-9)56-52(63)58-49(72)39-27-33(7)60-66(39)11-2;2-1-3/h12-13,15-16,24-30,37H,10-11,14,17-23H2,1-9H3,(H2,53,70)(H,54,67)(H,55,57,71)(H,56,58,72);1H,(H2,2,3)/b13-12+;. The molecule has 5 heterocycles. The van der Waals surface area contributed by atoms with Gasteiger partial charge in [0.25, 0.3) is 23.6 Å². The van der Waals surface area contributed by atoms with E-state index in [0.717, 1.165) is 22.6 Å². The van der Waals surface area contributed by atoms with Gasteiger partial charge in [-0.05, 0) is 95.3 Å². The Bertz CT molecular complexity index is 3290. The van der Waals surface area contributed by atoms with Crippen LogP contribution in [-0.4, -0.2) is 136 Å². The number of primary amides is 2. The zero-order valence-electron chi connectivity index (χ0n) is 45.3. The number of rotatable bonds is 24. The van der Waals surface area contributed by atoms with Crippen LogP contribution in [0.15, 0.2) is 60.7 Å². The second-order valence-corrected chi connectivity index (χ2v) is 18.7. The van der Waals surface area contributed by atoms with Crippen LogP contribution in [0.4, 0.5) is 11.9 Å². The van der Waals surface area contributed by atoms with Crippen molar-refractivity contribution in [3.63, 3.8) is 0 Å². The minimum atomic E-state index is -0.825. The van der Waals surface area contributed by atoms with Crippen molar-refractivity contribution in [2.75, 3.05) is 44.5 Å². The second-order valence-electron chi connectivity index (χ2n) is 18.7. The van der Waals surface area contributed by atoms with Gasteiger partial charge in [-0.2, -0.15) is 10.2 Å². The summed E-state index contributed by atoms with van der Waals surface area (Å²) in [7, 11) is 3.12. The largest absolute Gasteiger partial charge is 0.494 e. The zero-order chi connectivity index (χ0) is 57.0. The molecular weight excluding hydrogens is 1010 g/mol. The van der Waals surface area contributed by atoms with Crippen LogP contribution >= 0.6 is 0 Å². The van der Waals surface area contributed by atoms with Crippen molar-refractivity contribution in [3.05, 3.63) is 94.6 Å². The number of methoxy groups -OCH3 is 1. The van der Waals surface area contributed by atoms with Gasteiger partial charge in [0.1, 0.15) is 40.0 Å². The molecule has 1 aliphatic rings. The fourth-order valence-electron chi connectivity index (χ4n) is 8.86. The number of carbonyl (C=O) groups excluding carboxylic acids is 8. The molecule has 1 aliphatic heterocycles. The lowest BCUT2D eigenvalue weighted by atomic mass is 10.0. The summed E-state index contributed by atoms with van der Waals surface area (Å²) in [6.07, 6.45) is 6.93. The Kier molecular flexibility index (Phi) is 19.4. The first-order chi connectivity index (χ1) is 37.2. The molecule has 6 aromatic rings. The first-order valence-corrected chi connectivity index (χ1v) is 25.3. The highest BCUT2D eigenvalue weighted by Gasteiger charge is 2.28. The summed E-state index contributed by atoms with van der Waals surface area (Å²) in [6, 6.07) is 9.37. The monoisotopic (exact) mass is 1070 g/mol. The normalized spacial score (nSPS) is 12.6. The lowest BCUT2D eigenvalue weighted by Gasteiger charge is -2.26. The number of hydrogen-bond donors (Lipinski definition) is 5. The average Bonchev–Trinajstić information content (AvgIpc) is 4.41. The molecule has 8 amide bonds. The van der Waals surface area contributed by atoms with E-state index in [-0.39, 0.29) is 74.9 Å². The summed E-state index contributed by atoms with van der Waals surface area (Å²) in [6.45, 7) is 14.8. The molecule has 7 rings (SSSR count). The van der Waals surface area contributed by atoms with E-state index in [1.165, 1.54) is 19.2 Å². The number of hydrogen-bond acceptors (Lipinski definition) is 14. The van der Waals surface area contributed by atoms with Crippen LogP contribution in [0.3, 0.4) is 0 Å². The number of carbonyl (C=O) groups is 8. The molecule has 1 unspecified atom stereocenters. The molecule has 0 fully saturated rings. The molecule has 414 valence electrons. The van der Waals surface area contributed by atoms with Gasteiger partial charge in [0, 0.05) is 70.5 Å². The number of ether oxygens (including phenoxy) is 2. The van der Waals surface area contributed by atoms with Crippen LogP contribution in [0.25, 0.3) is 22.1 Å². The van der Waals surface area contributed by atoms with Gasteiger partial charge in [0.2, 0.25) is 36.0 Å². The van der Waals surface area contributed by atoms with Crippen molar-refractivity contribution >= 4 is 81.7 Å². The fraction of sp³-hybridized carbons (Fsp3) is 0.396. The minimum absolute atomic E-state index is 0.0717. The maximum Gasteiger partial charge on any atom is 0.276 e. The molecule has 0 spiro atoms. The third-order valence-corrected chi connectivity index (χ3v) is 12.4. The van der Waals surface area contributed by atoms with Crippen molar-refractivity contribution in [2.45, 2.75) is 99.9 Å². The number of nitrogens with one attached hydrogen (secondary N) is 3. The molecule has 2 aromatic carbocycles. The van der Waals surface area contributed by atoms with Gasteiger partial charge >= 0.3 is 0 Å². The number of nitrogens with zero attached hydrogens (tertiary/aromatic N) is 10. The Morgan fingerprint density at radius 1 is 0.782 bits per heavy atom. The lowest BCUT2D eigenvalue weighted by molar-refractivity contribution is -0.139. The van der Waals surface area contributed by atoms with Crippen molar-refractivity contribution in [2.24, 2.45) is 17.4 Å². The number of nitrogens with two attached hydrogens (primary N) is 2. The number of aromatic nitrogens is 8. The highest BCUT2D eigenvalue weighted by Crippen LogP contribution is 2.33. The van der Waals surface area contributed by atoms with Crippen LogP contribution in [0.1, 0.15) is 95.2 Å². The van der Waals surface area contributed by atoms with Crippen LogP contribution in [0.5, 0.6) is 11.5 Å². The van der Waals surface area contributed by atoms with E-state index in [0.29, 0.717) is 82.3 Å². The summed E-state index contributed by atoms with van der Waals surface area (Å²) < 4.78 is 19.0. The smallest absolute Gasteiger partial charge is 0.276 e. The zero-order valence-corrected chi connectivity index (χ0v) is 45.3. The molecule has 7 N–H and O–H groups in total. The van der Waals surface area contributed by atoms with E-state index in [2.05, 4.69) is 31.9 Å². The third kappa shape index (κ3) is 13.8. The number of anilines is 2. The number of benzene rings is 2. The summed E-state index contributed by atoms with van der Waals surface area (Å²) in [4.78, 5) is 111. The van der Waals surface area contributed by atoms with Crippen molar-refractivity contribution in [1.29, 1.82) is 0 Å². The predicted octanol–water partition coefficient (Wildman–Crippen LogP) is 3.79. The van der Waals surface area contributed by atoms with E-state index in [1.807, 2.05) is 70.4 Å². The molecule has 78 heavy (non-hydrogen) atoms. The highest BCUT2D eigenvalue weighted by atomic mass is 16.5. The maximum absolute atomic E-state index is 14.0. The molecule has 0 saturated carbocycles. The molecule has 0 radical (unpaired) electrons. The fourth-order valence-corrected chi connectivity index (χ4v) is 8.86. The first-order valence-electron chi connectivity index (χ1n) is 25.3. The van der Waals surface area contributed by atoms with E-state index in [1.54, 1.807) is 44.9 Å². The van der Waals surface area contributed by atoms with E-state index >= 15 is 0 Å². The van der Waals surface area contributed by atoms with Gasteiger partial charge in [-0.1, -0.05) is 26.0 Å². The number of imide groups is 1. The second kappa shape index (κ2) is 26.1. The molecule has 25 heteroatoms. The Balaban J connectivity index is 0.00000320. The SMILES string of the molecule is CCn1nc(C)cc1C(=O)Nc1nc2cc(C(N)=O)cc(OC)c2n1C/C=C/Cn1c(NC(=O)c2cc(C)nn2CC)nc2cc(C)cc(OCCCN(C)C(=O)C(CC(C)C)NC(=O)CCN3C(=O)C=CC3=O)c21.NC=O. The first kappa shape index (κ1) is 58.1. The number of imidazole rings is 2. The Morgan fingerprint density at radius 2 is 1.31 bits per heavy atom. The number of likely N-dealkylation sites (N-methyl/N-ethyl adjacent to an activating group) is 1. The number of fused-ring (bicyclic) bond motifs is 2. The Morgan fingerprint density at radius 3 is 1.81 bits per heavy atom. The van der Waals surface area contributed by atoms with Crippen LogP contribution in [-0.2, 0) is 50.2 Å². The predicted molar refractivity (Wildman–Crippen MR) is 289 cm³/mol. The Labute approximate surface area is 449 Å². The van der Waals surface area contributed by atoms with Crippen molar-refractivity contribution in [3.8, 4) is 11.5 Å². The highest BCUT2D eigenvalue weighted by molar-refractivity contribution is 6.13. The molecule has 0 saturated heterocycles. The topological polar surface area (TPSA) is 321 Å². The molecule has 4 aromatic heterocycles. The molecule has 0 bridgehead atoms. The molecule has 25 nitrogen and oxygen atoms in total. The third-order valence-electron chi connectivity index (χ3n) is 12.4. The average molecular weight is 1070 g/mol. The number of allylic oxidation sites excluding steroid dienone is 2. The summed E-state index contributed by atoms with van der Waals surface area (Å²) in [5, 5.41) is 17.6.